The number of nitrogens with zero attached hydrogens (tertiary/aromatic N) is 3. The van der Waals surface area contributed by atoms with Crippen LogP contribution in [0.25, 0.3) is 0 Å². The fourth-order valence-corrected chi connectivity index (χ4v) is 5.62. The first-order chi connectivity index (χ1) is 13.1. The van der Waals surface area contributed by atoms with Gasteiger partial charge in [0.2, 0.25) is 5.91 Å². The number of thiophene rings is 1. The third-order valence-corrected chi connectivity index (χ3v) is 7.22. The molecule has 27 heavy (non-hydrogen) atoms. The van der Waals surface area contributed by atoms with Gasteiger partial charge in [-0.05, 0) is 41.4 Å². The zero-order valence-corrected chi connectivity index (χ0v) is 16.9. The lowest BCUT2D eigenvalue weighted by Gasteiger charge is -2.35. The van der Waals surface area contributed by atoms with Gasteiger partial charge in [0.1, 0.15) is 5.37 Å². The fourth-order valence-electron chi connectivity index (χ4n) is 3.56. The van der Waals surface area contributed by atoms with Gasteiger partial charge in [0, 0.05) is 39.3 Å². The van der Waals surface area contributed by atoms with Crippen LogP contribution in [-0.2, 0) is 4.79 Å². The first-order valence-electron chi connectivity index (χ1n) is 9.16. The van der Waals surface area contributed by atoms with Gasteiger partial charge in [0.15, 0.2) is 5.76 Å². The molecular weight excluding hydrogens is 382 g/mol. The lowest BCUT2D eigenvalue weighted by molar-refractivity contribution is -0.130. The summed E-state index contributed by atoms with van der Waals surface area (Å²) in [6.07, 6.45) is 1.53. The molecule has 0 aromatic carbocycles. The van der Waals surface area contributed by atoms with Crippen LogP contribution in [-0.4, -0.2) is 71.0 Å². The number of furan rings is 1. The van der Waals surface area contributed by atoms with E-state index in [0.29, 0.717) is 18.8 Å². The predicted molar refractivity (Wildman–Crippen MR) is 107 cm³/mol. The van der Waals surface area contributed by atoms with E-state index in [4.69, 9.17) is 4.42 Å². The van der Waals surface area contributed by atoms with E-state index in [1.807, 2.05) is 16.7 Å². The zero-order chi connectivity index (χ0) is 18.8. The second-order valence-corrected chi connectivity index (χ2v) is 9.04. The normalized spacial score (nSPS) is 24.0. The highest BCUT2D eigenvalue weighted by Gasteiger charge is 2.38. The molecule has 2 saturated heterocycles. The van der Waals surface area contributed by atoms with Gasteiger partial charge < -0.3 is 14.2 Å². The highest BCUT2D eigenvalue weighted by Crippen LogP contribution is 2.43. The Kier molecular flexibility index (Phi) is 5.56. The molecule has 4 heterocycles. The Labute approximate surface area is 167 Å². The smallest absolute Gasteiger partial charge is 0.289 e. The molecule has 0 radical (unpaired) electrons. The van der Waals surface area contributed by atoms with Crippen LogP contribution in [0.3, 0.4) is 0 Å². The maximum atomic E-state index is 12.6. The number of rotatable bonds is 5. The Bertz CT molecular complexity index is 770. The molecule has 0 saturated carbocycles. The van der Waals surface area contributed by atoms with Crippen LogP contribution in [0.1, 0.15) is 28.4 Å². The summed E-state index contributed by atoms with van der Waals surface area (Å²) in [6, 6.07) is 5.55. The summed E-state index contributed by atoms with van der Waals surface area (Å²) >= 11 is 3.40. The average Bonchev–Trinajstić information content (AvgIpc) is 3.44. The van der Waals surface area contributed by atoms with Crippen molar-refractivity contribution in [2.75, 3.05) is 39.3 Å². The van der Waals surface area contributed by atoms with Crippen LogP contribution < -0.4 is 0 Å². The van der Waals surface area contributed by atoms with Gasteiger partial charge in [-0.25, -0.2) is 0 Å². The fraction of sp³-hybridized carbons (Fsp3) is 0.474. The quantitative estimate of drug-likeness (QED) is 0.766. The Morgan fingerprint density at radius 1 is 1.22 bits per heavy atom. The number of carbonyl (C=O) groups excluding carboxylic acids is 2. The van der Waals surface area contributed by atoms with E-state index < -0.39 is 0 Å². The van der Waals surface area contributed by atoms with Crippen molar-refractivity contribution in [2.24, 2.45) is 0 Å². The molecule has 0 spiro atoms. The minimum absolute atomic E-state index is 0.0117. The molecule has 2 aromatic rings. The van der Waals surface area contributed by atoms with E-state index in [0.717, 1.165) is 26.2 Å². The van der Waals surface area contributed by atoms with Gasteiger partial charge in [-0.2, -0.15) is 11.3 Å². The van der Waals surface area contributed by atoms with Gasteiger partial charge in [-0.15, -0.1) is 11.8 Å². The van der Waals surface area contributed by atoms with E-state index in [1.165, 1.54) is 11.8 Å². The van der Waals surface area contributed by atoms with Crippen LogP contribution >= 0.6 is 23.1 Å². The molecule has 2 aliphatic rings. The maximum Gasteiger partial charge on any atom is 0.289 e. The van der Waals surface area contributed by atoms with Gasteiger partial charge >= 0.3 is 0 Å². The van der Waals surface area contributed by atoms with Crippen molar-refractivity contribution in [3.8, 4) is 0 Å². The number of piperazine rings is 1. The molecule has 0 aliphatic carbocycles. The van der Waals surface area contributed by atoms with Crippen LogP contribution in [0.2, 0.25) is 0 Å². The summed E-state index contributed by atoms with van der Waals surface area (Å²) in [7, 11) is 0. The van der Waals surface area contributed by atoms with E-state index in [-0.39, 0.29) is 22.4 Å². The number of hydrogen-bond donors (Lipinski definition) is 0. The molecule has 2 amide bonds. The highest BCUT2D eigenvalue weighted by molar-refractivity contribution is 8.01. The summed E-state index contributed by atoms with van der Waals surface area (Å²) in [5, 5.41) is 4.34. The third kappa shape index (κ3) is 3.93. The molecule has 4 rings (SSSR count). The van der Waals surface area contributed by atoms with Crippen molar-refractivity contribution in [3.63, 3.8) is 0 Å². The third-order valence-electron chi connectivity index (χ3n) is 5.12. The zero-order valence-electron chi connectivity index (χ0n) is 15.2. The van der Waals surface area contributed by atoms with Gasteiger partial charge in [0.05, 0.1) is 11.5 Å². The van der Waals surface area contributed by atoms with Crippen LogP contribution in [0.4, 0.5) is 0 Å². The lowest BCUT2D eigenvalue weighted by atomic mass is 10.2. The Morgan fingerprint density at radius 2 is 2.04 bits per heavy atom. The molecule has 2 fully saturated rings. The minimum atomic E-state index is -0.0443. The molecule has 2 unspecified atom stereocenters. The number of hydrogen-bond acceptors (Lipinski definition) is 6. The largest absolute Gasteiger partial charge is 0.459 e. The first-order valence-corrected chi connectivity index (χ1v) is 11.1. The van der Waals surface area contributed by atoms with Crippen molar-refractivity contribution >= 4 is 34.9 Å². The standard InChI is InChI=1S/C19H23N3O3S2/c1-14-17(23)22(19(27-14)15-4-12-26-13-15)10-7-20-5-8-21(9-6-20)18(24)16-3-2-11-25-16/h2-4,11-14,19H,5-10H2,1H3. The number of thioether (sulfide) groups is 1. The van der Waals surface area contributed by atoms with E-state index in [1.54, 1.807) is 35.2 Å². The molecule has 0 N–H and O–H groups in total. The minimum Gasteiger partial charge on any atom is -0.459 e. The predicted octanol–water partition coefficient (Wildman–Crippen LogP) is 2.76. The summed E-state index contributed by atoms with van der Waals surface area (Å²) in [6.45, 7) is 6.57. The second kappa shape index (κ2) is 8.08. The molecule has 2 aromatic heterocycles. The Hall–Kier alpha value is -1.77. The SMILES string of the molecule is CC1SC(c2ccsc2)N(CCN2CCN(C(=O)c3ccco3)CC2)C1=O. The average molecular weight is 406 g/mol. The Balaban J connectivity index is 1.30. The molecule has 0 bridgehead atoms. The molecule has 8 heteroatoms. The van der Waals surface area contributed by atoms with Gasteiger partial charge in [-0.3, -0.25) is 14.5 Å². The molecule has 6 nitrogen and oxygen atoms in total. The highest BCUT2D eigenvalue weighted by atomic mass is 32.2. The monoisotopic (exact) mass is 405 g/mol. The molecular formula is C19H23N3O3S2. The number of amides is 2. The van der Waals surface area contributed by atoms with Crippen LogP contribution in [0.15, 0.2) is 39.6 Å². The van der Waals surface area contributed by atoms with Crippen molar-refractivity contribution < 1.29 is 14.0 Å². The van der Waals surface area contributed by atoms with Crippen LogP contribution in [0, 0.1) is 0 Å². The van der Waals surface area contributed by atoms with Crippen molar-refractivity contribution in [3.05, 3.63) is 46.5 Å². The first kappa shape index (κ1) is 18.6. The summed E-state index contributed by atoms with van der Waals surface area (Å²) in [5.74, 6) is 0.579. The van der Waals surface area contributed by atoms with Crippen molar-refractivity contribution in [2.45, 2.75) is 17.5 Å². The Morgan fingerprint density at radius 3 is 2.70 bits per heavy atom. The van der Waals surface area contributed by atoms with Crippen LogP contribution in [0.5, 0.6) is 0 Å². The topological polar surface area (TPSA) is 57.0 Å². The maximum absolute atomic E-state index is 12.6. The van der Waals surface area contributed by atoms with Crippen molar-refractivity contribution in [1.82, 2.24) is 14.7 Å². The summed E-state index contributed by atoms with van der Waals surface area (Å²) < 4.78 is 5.21. The summed E-state index contributed by atoms with van der Waals surface area (Å²) in [5.41, 5.74) is 1.22. The summed E-state index contributed by atoms with van der Waals surface area (Å²) in [4.78, 5) is 31.1. The van der Waals surface area contributed by atoms with Crippen molar-refractivity contribution in [1.29, 1.82) is 0 Å². The van der Waals surface area contributed by atoms with Gasteiger partial charge in [0.25, 0.3) is 5.91 Å². The second-order valence-electron chi connectivity index (χ2n) is 6.83. The number of carbonyl (C=O) groups is 2. The van der Waals surface area contributed by atoms with Gasteiger partial charge in [-0.1, -0.05) is 0 Å². The van der Waals surface area contributed by atoms with E-state index in [9.17, 15) is 9.59 Å². The lowest BCUT2D eigenvalue weighted by Crippen LogP contribution is -2.50. The molecule has 144 valence electrons. The molecule has 2 atom stereocenters. The van der Waals surface area contributed by atoms with E-state index in [2.05, 4.69) is 21.7 Å². The molecule has 2 aliphatic heterocycles. The van der Waals surface area contributed by atoms with E-state index >= 15 is 0 Å².